The molecule has 1 heterocycles. The molecule has 5 nitrogen and oxygen atoms in total. The number of nitrogens with zero attached hydrogens (tertiary/aromatic N) is 1. The molecule has 3 N–H and O–H groups in total. The molecule has 0 saturated carbocycles. The highest BCUT2D eigenvalue weighted by molar-refractivity contribution is 5.65. The van der Waals surface area contributed by atoms with Crippen LogP contribution in [0.3, 0.4) is 0 Å². The Kier molecular flexibility index (Phi) is 3.80. The number of aliphatic hydroxyl groups is 2. The van der Waals surface area contributed by atoms with E-state index < -0.39 is 18.2 Å². The Labute approximate surface area is 95.7 Å². The monoisotopic (exact) mass is 231 g/mol. The van der Waals surface area contributed by atoms with Gasteiger partial charge in [-0.25, -0.2) is 4.79 Å². The molecule has 0 spiro atoms. The zero-order valence-electron chi connectivity index (χ0n) is 10.1. The Morgan fingerprint density at radius 1 is 1.44 bits per heavy atom. The zero-order valence-corrected chi connectivity index (χ0v) is 10.1. The molecular weight excluding hydrogens is 210 g/mol. The van der Waals surface area contributed by atoms with Crippen LogP contribution >= 0.6 is 0 Å². The van der Waals surface area contributed by atoms with Crippen molar-refractivity contribution >= 4 is 6.09 Å². The number of likely N-dealkylation sites (tertiary alicyclic amines) is 1. The molecule has 3 unspecified atom stereocenters. The predicted molar refractivity (Wildman–Crippen MR) is 59.2 cm³/mol. The number of carboxylic acid groups (broad SMARTS) is 1. The summed E-state index contributed by atoms with van der Waals surface area (Å²) in [5.41, 5.74) is -0.342. The van der Waals surface area contributed by atoms with E-state index in [4.69, 9.17) is 10.2 Å². The molecule has 1 saturated heterocycles. The Hall–Kier alpha value is -0.810. The lowest BCUT2D eigenvalue weighted by atomic mass is 9.75. The van der Waals surface area contributed by atoms with Gasteiger partial charge in [0.2, 0.25) is 0 Å². The summed E-state index contributed by atoms with van der Waals surface area (Å²) in [4.78, 5) is 12.4. The quantitative estimate of drug-likeness (QED) is 0.622. The second-order valence-corrected chi connectivity index (χ2v) is 5.51. The van der Waals surface area contributed by atoms with Crippen LogP contribution in [-0.4, -0.2) is 51.6 Å². The minimum atomic E-state index is -1.00. The average molecular weight is 231 g/mol. The van der Waals surface area contributed by atoms with E-state index in [2.05, 4.69) is 0 Å². The molecule has 1 amide bonds. The van der Waals surface area contributed by atoms with E-state index in [1.807, 2.05) is 20.8 Å². The number of hydrogen-bond donors (Lipinski definition) is 3. The van der Waals surface area contributed by atoms with Crippen LogP contribution in [-0.2, 0) is 0 Å². The molecule has 1 fully saturated rings. The van der Waals surface area contributed by atoms with Crippen molar-refractivity contribution in [1.29, 1.82) is 0 Å². The second kappa shape index (κ2) is 4.59. The zero-order chi connectivity index (χ0) is 12.5. The highest BCUT2D eigenvalue weighted by Crippen LogP contribution is 2.34. The topological polar surface area (TPSA) is 81.0 Å². The minimum Gasteiger partial charge on any atom is -0.465 e. The summed E-state index contributed by atoms with van der Waals surface area (Å²) < 4.78 is 0. The normalized spacial score (nSPS) is 31.6. The number of amides is 1. The maximum absolute atomic E-state index is 11.1. The molecule has 16 heavy (non-hydrogen) atoms. The lowest BCUT2D eigenvalue weighted by Crippen LogP contribution is -2.60. The van der Waals surface area contributed by atoms with E-state index in [1.165, 1.54) is 4.90 Å². The maximum Gasteiger partial charge on any atom is 0.407 e. The second-order valence-electron chi connectivity index (χ2n) is 5.51. The van der Waals surface area contributed by atoms with Crippen LogP contribution in [0.15, 0.2) is 0 Å². The molecule has 0 aromatic carbocycles. The first kappa shape index (κ1) is 13.3. The highest BCUT2D eigenvalue weighted by Gasteiger charge is 2.44. The van der Waals surface area contributed by atoms with Gasteiger partial charge in [0.15, 0.2) is 0 Å². The predicted octanol–water partition coefficient (Wildman–Crippen LogP) is 0.754. The molecule has 0 aromatic rings. The van der Waals surface area contributed by atoms with Crippen LogP contribution in [0.4, 0.5) is 4.79 Å². The van der Waals surface area contributed by atoms with Gasteiger partial charge in [-0.05, 0) is 11.8 Å². The average Bonchev–Trinajstić information content (AvgIpc) is 2.14. The SMILES string of the molecule is CC(C)(C)C1C(O)C(CO)CCN1C(=O)O. The van der Waals surface area contributed by atoms with Crippen molar-refractivity contribution < 1.29 is 20.1 Å². The van der Waals surface area contributed by atoms with Crippen molar-refractivity contribution in [2.75, 3.05) is 13.2 Å². The van der Waals surface area contributed by atoms with E-state index in [9.17, 15) is 9.90 Å². The Balaban J connectivity index is 2.95. The molecule has 94 valence electrons. The van der Waals surface area contributed by atoms with Gasteiger partial charge in [0, 0.05) is 19.1 Å². The summed E-state index contributed by atoms with van der Waals surface area (Å²) in [7, 11) is 0. The van der Waals surface area contributed by atoms with Gasteiger partial charge in [0.1, 0.15) is 0 Å². The molecule has 0 aromatic heterocycles. The van der Waals surface area contributed by atoms with Crippen LogP contribution in [0, 0.1) is 11.3 Å². The lowest BCUT2D eigenvalue weighted by Gasteiger charge is -2.47. The smallest absolute Gasteiger partial charge is 0.407 e. The van der Waals surface area contributed by atoms with Gasteiger partial charge < -0.3 is 20.2 Å². The van der Waals surface area contributed by atoms with Crippen LogP contribution in [0.5, 0.6) is 0 Å². The summed E-state index contributed by atoms with van der Waals surface area (Å²) in [6, 6.07) is -0.462. The molecule has 5 heteroatoms. The van der Waals surface area contributed by atoms with Crippen molar-refractivity contribution in [2.45, 2.75) is 39.3 Å². The third-order valence-electron chi connectivity index (χ3n) is 3.25. The van der Waals surface area contributed by atoms with Gasteiger partial charge in [0.05, 0.1) is 12.1 Å². The number of rotatable bonds is 1. The third-order valence-corrected chi connectivity index (χ3v) is 3.25. The van der Waals surface area contributed by atoms with E-state index in [1.54, 1.807) is 0 Å². The number of carbonyl (C=O) groups is 1. The molecule has 3 atom stereocenters. The van der Waals surface area contributed by atoms with Gasteiger partial charge in [0.25, 0.3) is 0 Å². The fraction of sp³-hybridized carbons (Fsp3) is 0.909. The molecule has 0 aliphatic carbocycles. The fourth-order valence-electron chi connectivity index (χ4n) is 2.45. The van der Waals surface area contributed by atoms with Gasteiger partial charge in [-0.1, -0.05) is 20.8 Å². The first-order valence-electron chi connectivity index (χ1n) is 5.57. The highest BCUT2D eigenvalue weighted by atomic mass is 16.4. The van der Waals surface area contributed by atoms with Gasteiger partial charge >= 0.3 is 6.09 Å². The van der Waals surface area contributed by atoms with Crippen LogP contribution < -0.4 is 0 Å². The third kappa shape index (κ3) is 2.47. The number of piperidine rings is 1. The molecule has 0 bridgehead atoms. The standard InChI is InChI=1S/C11H21NO4/c1-11(2,3)9-8(14)7(6-13)4-5-12(9)10(15)16/h7-9,13-14H,4-6H2,1-3H3,(H,15,16). The Morgan fingerprint density at radius 2 is 2.00 bits per heavy atom. The summed E-state index contributed by atoms with van der Waals surface area (Å²) >= 11 is 0. The first-order valence-corrected chi connectivity index (χ1v) is 5.57. The molecule has 1 aliphatic rings. The van der Waals surface area contributed by atoms with Gasteiger partial charge in [-0.15, -0.1) is 0 Å². The van der Waals surface area contributed by atoms with E-state index in [0.29, 0.717) is 13.0 Å². The van der Waals surface area contributed by atoms with Crippen molar-refractivity contribution in [1.82, 2.24) is 4.90 Å². The van der Waals surface area contributed by atoms with Crippen LogP contribution in [0.1, 0.15) is 27.2 Å². The molecular formula is C11H21NO4. The summed E-state index contributed by atoms with van der Waals surface area (Å²) in [5.74, 6) is -0.222. The number of aliphatic hydroxyl groups excluding tert-OH is 2. The Morgan fingerprint density at radius 3 is 2.38 bits per heavy atom. The fourth-order valence-corrected chi connectivity index (χ4v) is 2.45. The van der Waals surface area contributed by atoms with Crippen molar-refractivity contribution in [3.05, 3.63) is 0 Å². The van der Waals surface area contributed by atoms with Crippen molar-refractivity contribution in [3.63, 3.8) is 0 Å². The summed E-state index contributed by atoms with van der Waals surface area (Å²) in [6.07, 6.45) is -1.29. The van der Waals surface area contributed by atoms with Gasteiger partial charge in [-0.2, -0.15) is 0 Å². The maximum atomic E-state index is 11.1. The van der Waals surface area contributed by atoms with E-state index in [0.717, 1.165) is 0 Å². The van der Waals surface area contributed by atoms with Crippen LogP contribution in [0.2, 0.25) is 0 Å². The van der Waals surface area contributed by atoms with Crippen LogP contribution in [0.25, 0.3) is 0 Å². The largest absolute Gasteiger partial charge is 0.465 e. The van der Waals surface area contributed by atoms with Gasteiger partial charge in [-0.3, -0.25) is 0 Å². The first-order chi connectivity index (χ1) is 7.29. The number of hydrogen-bond acceptors (Lipinski definition) is 3. The Bertz CT molecular complexity index is 261. The summed E-state index contributed by atoms with van der Waals surface area (Å²) in [5, 5.41) is 28.4. The van der Waals surface area contributed by atoms with E-state index >= 15 is 0 Å². The van der Waals surface area contributed by atoms with E-state index in [-0.39, 0.29) is 17.9 Å². The minimum absolute atomic E-state index is 0.0960. The van der Waals surface area contributed by atoms with Crippen molar-refractivity contribution in [3.8, 4) is 0 Å². The molecule has 0 radical (unpaired) electrons. The van der Waals surface area contributed by atoms with Crippen molar-refractivity contribution in [2.24, 2.45) is 11.3 Å². The lowest BCUT2D eigenvalue weighted by molar-refractivity contribution is -0.0745. The molecule has 1 aliphatic heterocycles. The molecule has 1 rings (SSSR count). The summed E-state index contributed by atoms with van der Waals surface area (Å²) in [6.45, 7) is 5.98.